The summed E-state index contributed by atoms with van der Waals surface area (Å²) < 4.78 is 4.97. The average Bonchev–Trinajstić information content (AvgIpc) is 2.17. The van der Waals surface area contributed by atoms with Crippen LogP contribution < -0.4 is 10.6 Å². The summed E-state index contributed by atoms with van der Waals surface area (Å²) in [4.78, 5) is 13.9. The van der Waals surface area contributed by atoms with Crippen molar-refractivity contribution >= 4 is 5.91 Å². The number of rotatable bonds is 5. The van der Waals surface area contributed by atoms with Crippen molar-refractivity contribution in [3.05, 3.63) is 0 Å². The summed E-state index contributed by atoms with van der Waals surface area (Å²) in [5, 5.41) is 6.27. The maximum Gasteiger partial charge on any atom is 0.234 e. The Morgan fingerprint density at radius 1 is 1.69 bits per heavy atom. The Kier molecular flexibility index (Phi) is 5.73. The number of nitrogens with one attached hydrogen (secondary N) is 2. The van der Waals surface area contributed by atoms with Crippen LogP contribution in [0.15, 0.2) is 0 Å². The Morgan fingerprint density at radius 3 is 3.06 bits per heavy atom. The zero-order valence-corrected chi connectivity index (χ0v) is 10.5. The lowest BCUT2D eigenvalue weighted by molar-refractivity contribution is -0.123. The smallest absolute Gasteiger partial charge is 0.234 e. The maximum absolute atomic E-state index is 11.7. The molecule has 0 aliphatic carbocycles. The molecule has 0 radical (unpaired) electrons. The molecule has 0 spiro atoms. The van der Waals surface area contributed by atoms with Gasteiger partial charge in [-0.15, -0.1) is 0 Å². The highest BCUT2D eigenvalue weighted by Gasteiger charge is 2.18. The summed E-state index contributed by atoms with van der Waals surface area (Å²) >= 11 is 0. The molecule has 1 amide bonds. The van der Waals surface area contributed by atoms with E-state index >= 15 is 0 Å². The van der Waals surface area contributed by atoms with E-state index in [1.54, 1.807) is 7.11 Å². The highest BCUT2D eigenvalue weighted by Crippen LogP contribution is 1.97. The second kappa shape index (κ2) is 6.83. The fourth-order valence-corrected chi connectivity index (χ4v) is 1.97. The molecule has 1 heterocycles. The first kappa shape index (κ1) is 13.4. The Hall–Kier alpha value is -0.650. The molecule has 0 bridgehead atoms. The molecular formula is C11H23N3O2. The number of hydrogen-bond acceptors (Lipinski definition) is 4. The lowest BCUT2D eigenvalue weighted by atomic mass is 10.2. The van der Waals surface area contributed by atoms with E-state index in [2.05, 4.69) is 22.5 Å². The van der Waals surface area contributed by atoms with Crippen molar-refractivity contribution < 1.29 is 9.53 Å². The molecule has 2 N–H and O–H groups in total. The van der Waals surface area contributed by atoms with Gasteiger partial charge in [0.25, 0.3) is 0 Å². The molecule has 16 heavy (non-hydrogen) atoms. The van der Waals surface area contributed by atoms with Crippen molar-refractivity contribution in [2.24, 2.45) is 0 Å². The standard InChI is InChI=1S/C11H23N3O2/c1-9-6-14(5-4-12-9)7-11(15)13-10(2)8-16-3/h9-10,12H,4-8H2,1-3H3,(H,13,15)/t9-,10?/m0/s1. The number of hydrogen-bond donors (Lipinski definition) is 2. The third-order valence-electron chi connectivity index (χ3n) is 2.64. The molecule has 94 valence electrons. The van der Waals surface area contributed by atoms with Crippen molar-refractivity contribution in [2.45, 2.75) is 25.9 Å². The first-order valence-corrected chi connectivity index (χ1v) is 5.86. The SMILES string of the molecule is COCC(C)NC(=O)CN1CCN[C@@H](C)C1. The van der Waals surface area contributed by atoms with Gasteiger partial charge in [0.2, 0.25) is 5.91 Å². The minimum absolute atomic E-state index is 0.0813. The van der Waals surface area contributed by atoms with E-state index in [1.165, 1.54) is 0 Å². The third kappa shape index (κ3) is 4.92. The van der Waals surface area contributed by atoms with Gasteiger partial charge < -0.3 is 15.4 Å². The number of carbonyl (C=O) groups excluding carboxylic acids is 1. The number of amides is 1. The molecule has 5 nitrogen and oxygen atoms in total. The summed E-state index contributed by atoms with van der Waals surface area (Å²) in [5.74, 6) is 0.0821. The van der Waals surface area contributed by atoms with Crippen molar-refractivity contribution in [3.8, 4) is 0 Å². The summed E-state index contributed by atoms with van der Waals surface area (Å²) in [7, 11) is 1.64. The van der Waals surface area contributed by atoms with Crippen LogP contribution >= 0.6 is 0 Å². The number of piperazine rings is 1. The summed E-state index contributed by atoms with van der Waals surface area (Å²) in [6.45, 7) is 7.97. The maximum atomic E-state index is 11.7. The van der Waals surface area contributed by atoms with Crippen LogP contribution in [0.25, 0.3) is 0 Å². The van der Waals surface area contributed by atoms with Crippen LogP contribution in [-0.4, -0.2) is 62.8 Å². The van der Waals surface area contributed by atoms with Gasteiger partial charge >= 0.3 is 0 Å². The Bertz CT molecular complexity index is 223. The normalized spacial score (nSPS) is 24.1. The highest BCUT2D eigenvalue weighted by molar-refractivity contribution is 5.78. The zero-order valence-electron chi connectivity index (χ0n) is 10.5. The predicted molar refractivity (Wildman–Crippen MR) is 63.4 cm³/mol. The molecule has 0 saturated carbocycles. The van der Waals surface area contributed by atoms with E-state index in [0.717, 1.165) is 19.6 Å². The van der Waals surface area contributed by atoms with Crippen molar-refractivity contribution in [1.82, 2.24) is 15.5 Å². The fraction of sp³-hybridized carbons (Fsp3) is 0.909. The van der Waals surface area contributed by atoms with E-state index in [4.69, 9.17) is 4.74 Å². The van der Waals surface area contributed by atoms with Gasteiger partial charge in [0, 0.05) is 38.8 Å². The minimum atomic E-state index is 0.0813. The number of nitrogens with zero attached hydrogens (tertiary/aromatic N) is 1. The number of carbonyl (C=O) groups is 1. The summed E-state index contributed by atoms with van der Waals surface area (Å²) in [5.41, 5.74) is 0. The number of ether oxygens (including phenoxy) is 1. The summed E-state index contributed by atoms with van der Waals surface area (Å²) in [6, 6.07) is 0.552. The zero-order chi connectivity index (χ0) is 12.0. The number of methoxy groups -OCH3 is 1. The van der Waals surface area contributed by atoms with Crippen molar-refractivity contribution in [3.63, 3.8) is 0 Å². The Morgan fingerprint density at radius 2 is 2.44 bits per heavy atom. The van der Waals surface area contributed by atoms with Crippen LogP contribution in [-0.2, 0) is 9.53 Å². The van der Waals surface area contributed by atoms with E-state index in [0.29, 0.717) is 19.2 Å². The first-order valence-electron chi connectivity index (χ1n) is 5.86. The van der Waals surface area contributed by atoms with Gasteiger partial charge in [0.05, 0.1) is 13.2 Å². The van der Waals surface area contributed by atoms with Gasteiger partial charge in [-0.25, -0.2) is 0 Å². The lowest BCUT2D eigenvalue weighted by Crippen LogP contribution is -2.52. The van der Waals surface area contributed by atoms with E-state index in [9.17, 15) is 4.79 Å². The van der Waals surface area contributed by atoms with E-state index in [-0.39, 0.29) is 11.9 Å². The molecule has 0 aromatic carbocycles. The second-order valence-electron chi connectivity index (χ2n) is 4.51. The predicted octanol–water partition coefficient (Wildman–Crippen LogP) is -0.569. The molecule has 0 aromatic heterocycles. The minimum Gasteiger partial charge on any atom is -0.383 e. The largest absolute Gasteiger partial charge is 0.383 e. The monoisotopic (exact) mass is 229 g/mol. The van der Waals surface area contributed by atoms with Crippen LogP contribution in [0.2, 0.25) is 0 Å². The van der Waals surface area contributed by atoms with Gasteiger partial charge in [-0.3, -0.25) is 9.69 Å². The molecule has 5 heteroatoms. The Balaban J connectivity index is 2.22. The van der Waals surface area contributed by atoms with Gasteiger partial charge in [0.15, 0.2) is 0 Å². The van der Waals surface area contributed by atoms with Crippen LogP contribution in [0.1, 0.15) is 13.8 Å². The van der Waals surface area contributed by atoms with Crippen LogP contribution in [0.3, 0.4) is 0 Å². The van der Waals surface area contributed by atoms with Crippen LogP contribution in [0.5, 0.6) is 0 Å². The van der Waals surface area contributed by atoms with Gasteiger partial charge in [-0.05, 0) is 13.8 Å². The second-order valence-corrected chi connectivity index (χ2v) is 4.51. The fourth-order valence-electron chi connectivity index (χ4n) is 1.97. The quantitative estimate of drug-likeness (QED) is 0.663. The molecule has 1 aliphatic heterocycles. The Labute approximate surface area is 97.5 Å². The molecule has 2 atom stereocenters. The molecule has 1 unspecified atom stereocenters. The molecule has 0 aromatic rings. The van der Waals surface area contributed by atoms with Crippen LogP contribution in [0.4, 0.5) is 0 Å². The van der Waals surface area contributed by atoms with Crippen molar-refractivity contribution in [1.29, 1.82) is 0 Å². The topological polar surface area (TPSA) is 53.6 Å². The first-order chi connectivity index (χ1) is 7.61. The van der Waals surface area contributed by atoms with Gasteiger partial charge in [0.1, 0.15) is 0 Å². The molecule has 1 fully saturated rings. The van der Waals surface area contributed by atoms with Crippen molar-refractivity contribution in [2.75, 3.05) is 39.9 Å². The van der Waals surface area contributed by atoms with Gasteiger partial charge in [-0.2, -0.15) is 0 Å². The molecular weight excluding hydrogens is 206 g/mol. The van der Waals surface area contributed by atoms with Crippen LogP contribution in [0, 0.1) is 0 Å². The molecule has 1 saturated heterocycles. The molecule has 1 aliphatic rings. The van der Waals surface area contributed by atoms with E-state index < -0.39 is 0 Å². The van der Waals surface area contributed by atoms with Gasteiger partial charge in [-0.1, -0.05) is 0 Å². The van der Waals surface area contributed by atoms with E-state index in [1.807, 2.05) is 6.92 Å². The third-order valence-corrected chi connectivity index (χ3v) is 2.64. The lowest BCUT2D eigenvalue weighted by Gasteiger charge is -2.31. The molecule has 1 rings (SSSR count). The highest BCUT2D eigenvalue weighted by atomic mass is 16.5. The average molecular weight is 229 g/mol. The summed E-state index contributed by atoms with van der Waals surface area (Å²) in [6.07, 6.45) is 0.